The molecular weight excluding hydrogens is 418 g/mol. The van der Waals surface area contributed by atoms with Gasteiger partial charge in [0.25, 0.3) is 5.91 Å². The highest BCUT2D eigenvalue weighted by molar-refractivity contribution is 7.89. The summed E-state index contributed by atoms with van der Waals surface area (Å²) < 4.78 is 32.3. The summed E-state index contributed by atoms with van der Waals surface area (Å²) in [6, 6.07) is 11.7. The molecule has 1 aliphatic heterocycles. The van der Waals surface area contributed by atoms with Crippen molar-refractivity contribution in [1.29, 1.82) is 0 Å². The molecule has 0 spiro atoms. The number of piperazine rings is 1. The summed E-state index contributed by atoms with van der Waals surface area (Å²) in [6.45, 7) is 4.66. The van der Waals surface area contributed by atoms with Crippen molar-refractivity contribution in [3.05, 3.63) is 59.2 Å². The second-order valence-corrected chi connectivity index (χ2v) is 9.38. The van der Waals surface area contributed by atoms with Gasteiger partial charge < -0.3 is 15.0 Å². The average Bonchev–Trinajstić information content (AvgIpc) is 2.79. The van der Waals surface area contributed by atoms with Crippen molar-refractivity contribution in [3.8, 4) is 5.75 Å². The normalized spacial score (nSPS) is 14.9. The van der Waals surface area contributed by atoms with Gasteiger partial charge in [0.15, 0.2) is 0 Å². The second-order valence-electron chi connectivity index (χ2n) is 7.44. The van der Waals surface area contributed by atoms with Crippen LogP contribution in [0.3, 0.4) is 0 Å². The Balaban J connectivity index is 1.53. The van der Waals surface area contributed by atoms with Crippen LogP contribution in [-0.4, -0.2) is 69.3 Å². The molecule has 0 unspecified atom stereocenters. The van der Waals surface area contributed by atoms with E-state index in [4.69, 9.17) is 4.74 Å². The van der Waals surface area contributed by atoms with Crippen LogP contribution >= 0.6 is 0 Å². The molecule has 2 amide bonds. The SMILES string of the molecule is COc1ccc(C(=O)NCC(=O)N2CCN(S(=O)(=O)c3ccc(C)c(C)c3)CC2)cc1. The number of aryl methyl sites for hydroxylation is 2. The van der Waals surface area contributed by atoms with Crippen molar-refractivity contribution in [3.63, 3.8) is 0 Å². The number of carbonyl (C=O) groups is 2. The van der Waals surface area contributed by atoms with E-state index in [9.17, 15) is 18.0 Å². The van der Waals surface area contributed by atoms with Gasteiger partial charge in [-0.2, -0.15) is 4.31 Å². The topological polar surface area (TPSA) is 96.0 Å². The fraction of sp³-hybridized carbons (Fsp3) is 0.364. The quantitative estimate of drug-likeness (QED) is 0.728. The van der Waals surface area contributed by atoms with E-state index in [0.717, 1.165) is 11.1 Å². The van der Waals surface area contributed by atoms with Crippen LogP contribution in [-0.2, 0) is 14.8 Å². The molecule has 31 heavy (non-hydrogen) atoms. The summed E-state index contributed by atoms with van der Waals surface area (Å²) in [5.74, 6) is 0.0401. The van der Waals surface area contributed by atoms with Gasteiger partial charge in [0, 0.05) is 31.7 Å². The Morgan fingerprint density at radius 3 is 2.19 bits per heavy atom. The van der Waals surface area contributed by atoms with Gasteiger partial charge in [0.1, 0.15) is 5.75 Å². The standard InChI is InChI=1S/C22H27N3O5S/c1-16-4-9-20(14-17(16)2)31(28,29)25-12-10-24(11-13-25)21(26)15-23-22(27)18-5-7-19(30-3)8-6-18/h4-9,14H,10-13,15H2,1-3H3,(H,23,27). The molecule has 2 aromatic carbocycles. The number of methoxy groups -OCH3 is 1. The smallest absolute Gasteiger partial charge is 0.251 e. The number of hydrogen-bond acceptors (Lipinski definition) is 5. The first-order valence-corrected chi connectivity index (χ1v) is 11.4. The summed E-state index contributed by atoms with van der Waals surface area (Å²) in [4.78, 5) is 26.5. The van der Waals surface area contributed by atoms with E-state index in [1.165, 1.54) is 4.31 Å². The van der Waals surface area contributed by atoms with Gasteiger partial charge in [-0.1, -0.05) is 6.07 Å². The van der Waals surface area contributed by atoms with Gasteiger partial charge in [-0.3, -0.25) is 9.59 Å². The first-order valence-electron chi connectivity index (χ1n) is 10.00. The van der Waals surface area contributed by atoms with E-state index < -0.39 is 10.0 Å². The number of hydrogen-bond donors (Lipinski definition) is 1. The molecule has 1 heterocycles. The maximum Gasteiger partial charge on any atom is 0.251 e. The number of nitrogens with zero attached hydrogens (tertiary/aromatic N) is 2. The Morgan fingerprint density at radius 2 is 1.61 bits per heavy atom. The third-order valence-corrected chi connectivity index (χ3v) is 7.35. The zero-order chi connectivity index (χ0) is 22.6. The lowest BCUT2D eigenvalue weighted by atomic mass is 10.1. The molecule has 0 aliphatic carbocycles. The largest absolute Gasteiger partial charge is 0.497 e. The lowest BCUT2D eigenvalue weighted by Gasteiger charge is -2.34. The first-order chi connectivity index (χ1) is 14.7. The number of amides is 2. The van der Waals surface area contributed by atoms with Crippen molar-refractivity contribution in [2.24, 2.45) is 0 Å². The lowest BCUT2D eigenvalue weighted by Crippen LogP contribution is -2.52. The van der Waals surface area contributed by atoms with Crippen LogP contribution in [0, 0.1) is 13.8 Å². The zero-order valence-electron chi connectivity index (χ0n) is 17.9. The Kier molecular flexibility index (Phi) is 6.97. The molecule has 0 radical (unpaired) electrons. The third-order valence-electron chi connectivity index (χ3n) is 5.46. The molecule has 1 saturated heterocycles. The van der Waals surface area contributed by atoms with E-state index in [-0.39, 0.29) is 49.4 Å². The molecular formula is C22H27N3O5S. The monoisotopic (exact) mass is 445 g/mol. The minimum absolute atomic E-state index is 0.144. The number of rotatable bonds is 6. The molecule has 9 heteroatoms. The summed E-state index contributed by atoms with van der Waals surface area (Å²) in [7, 11) is -2.06. The van der Waals surface area contributed by atoms with E-state index in [0.29, 0.717) is 11.3 Å². The summed E-state index contributed by atoms with van der Waals surface area (Å²) in [5.41, 5.74) is 2.38. The van der Waals surface area contributed by atoms with Crippen LogP contribution in [0.2, 0.25) is 0 Å². The second kappa shape index (κ2) is 9.49. The van der Waals surface area contributed by atoms with Crippen LogP contribution < -0.4 is 10.1 Å². The van der Waals surface area contributed by atoms with E-state index >= 15 is 0 Å². The number of carbonyl (C=O) groups excluding carboxylic acids is 2. The molecule has 166 valence electrons. The molecule has 1 N–H and O–H groups in total. The molecule has 2 aromatic rings. The zero-order valence-corrected chi connectivity index (χ0v) is 18.7. The molecule has 8 nitrogen and oxygen atoms in total. The first kappa shape index (κ1) is 22.8. The van der Waals surface area contributed by atoms with Gasteiger partial charge in [0.05, 0.1) is 18.6 Å². The van der Waals surface area contributed by atoms with Gasteiger partial charge in [-0.25, -0.2) is 8.42 Å². The van der Waals surface area contributed by atoms with Gasteiger partial charge >= 0.3 is 0 Å². The van der Waals surface area contributed by atoms with Crippen molar-refractivity contribution < 1.29 is 22.7 Å². The van der Waals surface area contributed by atoms with Crippen molar-refractivity contribution in [1.82, 2.24) is 14.5 Å². The van der Waals surface area contributed by atoms with Crippen molar-refractivity contribution in [2.45, 2.75) is 18.7 Å². The minimum Gasteiger partial charge on any atom is -0.497 e. The fourth-order valence-electron chi connectivity index (χ4n) is 3.31. The predicted octanol–water partition coefficient (Wildman–Crippen LogP) is 1.57. The molecule has 0 bridgehead atoms. The highest BCUT2D eigenvalue weighted by Crippen LogP contribution is 2.20. The maximum atomic E-state index is 12.9. The van der Waals surface area contributed by atoms with Crippen molar-refractivity contribution >= 4 is 21.8 Å². The van der Waals surface area contributed by atoms with Crippen LogP contribution in [0.1, 0.15) is 21.5 Å². The Bertz CT molecular complexity index is 1060. The molecule has 0 aromatic heterocycles. The van der Waals surface area contributed by atoms with Gasteiger partial charge in [-0.15, -0.1) is 0 Å². The highest BCUT2D eigenvalue weighted by atomic mass is 32.2. The number of benzene rings is 2. The number of sulfonamides is 1. The molecule has 1 fully saturated rings. The minimum atomic E-state index is -3.60. The van der Waals surface area contributed by atoms with E-state index in [1.54, 1.807) is 54.5 Å². The summed E-state index contributed by atoms with van der Waals surface area (Å²) in [6.07, 6.45) is 0. The van der Waals surface area contributed by atoms with Gasteiger partial charge in [-0.05, 0) is 61.4 Å². The summed E-state index contributed by atoms with van der Waals surface area (Å²) in [5, 5.41) is 2.61. The fourth-order valence-corrected chi connectivity index (χ4v) is 4.82. The van der Waals surface area contributed by atoms with Crippen molar-refractivity contribution in [2.75, 3.05) is 39.8 Å². The van der Waals surface area contributed by atoms with E-state index in [2.05, 4.69) is 5.32 Å². The number of nitrogens with one attached hydrogen (secondary N) is 1. The molecule has 0 atom stereocenters. The Labute approximate surface area is 182 Å². The third kappa shape index (κ3) is 5.23. The van der Waals surface area contributed by atoms with Gasteiger partial charge in [0.2, 0.25) is 15.9 Å². The Morgan fingerprint density at radius 1 is 0.968 bits per heavy atom. The molecule has 0 saturated carbocycles. The highest BCUT2D eigenvalue weighted by Gasteiger charge is 2.30. The predicted molar refractivity (Wildman–Crippen MR) is 117 cm³/mol. The molecule has 1 aliphatic rings. The van der Waals surface area contributed by atoms with Crippen LogP contribution in [0.25, 0.3) is 0 Å². The van der Waals surface area contributed by atoms with Crippen LogP contribution in [0.5, 0.6) is 5.75 Å². The Hall–Kier alpha value is -2.91. The number of ether oxygens (including phenoxy) is 1. The van der Waals surface area contributed by atoms with Crippen LogP contribution in [0.4, 0.5) is 0 Å². The lowest BCUT2D eigenvalue weighted by molar-refractivity contribution is -0.131. The van der Waals surface area contributed by atoms with E-state index in [1.807, 2.05) is 13.8 Å². The summed E-state index contributed by atoms with van der Waals surface area (Å²) >= 11 is 0. The molecule has 3 rings (SSSR count). The average molecular weight is 446 g/mol. The van der Waals surface area contributed by atoms with Crippen LogP contribution in [0.15, 0.2) is 47.4 Å². The maximum absolute atomic E-state index is 12.9.